The molecule has 0 saturated carbocycles. The molecule has 0 aliphatic rings. The van der Waals surface area contributed by atoms with Gasteiger partial charge in [0.2, 0.25) is 10.0 Å². The summed E-state index contributed by atoms with van der Waals surface area (Å²) in [6.07, 6.45) is -0.845. The summed E-state index contributed by atoms with van der Waals surface area (Å²) in [4.78, 5) is 21.5. The number of benzene rings is 2. The van der Waals surface area contributed by atoms with E-state index in [1.807, 2.05) is 16.9 Å². The van der Waals surface area contributed by atoms with Crippen LogP contribution in [-0.4, -0.2) is 36.6 Å². The quantitative estimate of drug-likeness (QED) is 0.730. The molecule has 2 aromatic carbocycles. The van der Waals surface area contributed by atoms with Crippen LogP contribution in [0.4, 0.5) is 0 Å². The summed E-state index contributed by atoms with van der Waals surface area (Å²) < 4.78 is 26.3. The Hall–Kier alpha value is -2.45. The number of sulfonamides is 1. The molecule has 0 saturated heterocycles. The highest BCUT2D eigenvalue weighted by molar-refractivity contribution is 7.89. The van der Waals surface area contributed by atoms with E-state index in [1.165, 1.54) is 12.1 Å². The SMILES string of the molecule is O=C(O)C[C@@H](NS(=O)(=O)c1ccc2ccccc2c1)C(=O)O. The third kappa shape index (κ3) is 3.60. The largest absolute Gasteiger partial charge is 0.481 e. The number of carboxylic acid groups (broad SMARTS) is 2. The molecule has 0 amide bonds. The Morgan fingerprint density at radius 3 is 2.27 bits per heavy atom. The van der Waals surface area contributed by atoms with E-state index >= 15 is 0 Å². The average molecular weight is 323 g/mol. The fraction of sp³-hybridized carbons (Fsp3) is 0.143. The van der Waals surface area contributed by atoms with E-state index in [0.717, 1.165) is 5.39 Å². The van der Waals surface area contributed by atoms with Crippen molar-refractivity contribution in [1.82, 2.24) is 4.72 Å². The molecule has 0 fully saturated rings. The molecule has 8 heteroatoms. The summed E-state index contributed by atoms with van der Waals surface area (Å²) in [5, 5.41) is 19.1. The second kappa shape index (κ2) is 6.12. The van der Waals surface area contributed by atoms with E-state index in [2.05, 4.69) is 0 Å². The zero-order chi connectivity index (χ0) is 16.3. The molecule has 0 heterocycles. The van der Waals surface area contributed by atoms with Gasteiger partial charge in [0.1, 0.15) is 6.04 Å². The molecule has 22 heavy (non-hydrogen) atoms. The molecular formula is C14H13NO6S. The highest BCUT2D eigenvalue weighted by Gasteiger charge is 2.27. The van der Waals surface area contributed by atoms with Gasteiger partial charge in [0.25, 0.3) is 0 Å². The minimum absolute atomic E-state index is 0.122. The summed E-state index contributed by atoms with van der Waals surface area (Å²) in [5.41, 5.74) is 0. The highest BCUT2D eigenvalue weighted by atomic mass is 32.2. The lowest BCUT2D eigenvalue weighted by atomic mass is 10.1. The topological polar surface area (TPSA) is 121 Å². The molecule has 2 rings (SSSR count). The first-order valence-electron chi connectivity index (χ1n) is 6.25. The molecule has 0 bridgehead atoms. The van der Waals surface area contributed by atoms with E-state index in [9.17, 15) is 18.0 Å². The number of aliphatic carboxylic acids is 2. The molecule has 0 unspecified atom stereocenters. The van der Waals surface area contributed by atoms with Crippen LogP contribution in [0.5, 0.6) is 0 Å². The van der Waals surface area contributed by atoms with Gasteiger partial charge in [-0.3, -0.25) is 9.59 Å². The Bertz CT molecular complexity index is 830. The van der Waals surface area contributed by atoms with Gasteiger partial charge in [-0.05, 0) is 22.9 Å². The molecule has 0 aliphatic carbocycles. The number of fused-ring (bicyclic) bond motifs is 1. The van der Waals surface area contributed by atoms with Gasteiger partial charge in [0, 0.05) is 0 Å². The summed E-state index contributed by atoms with van der Waals surface area (Å²) in [7, 11) is -4.14. The van der Waals surface area contributed by atoms with Gasteiger partial charge in [0.05, 0.1) is 11.3 Å². The Morgan fingerprint density at radius 1 is 1.05 bits per heavy atom. The van der Waals surface area contributed by atoms with Crippen molar-refractivity contribution in [3.05, 3.63) is 42.5 Å². The van der Waals surface area contributed by atoms with Gasteiger partial charge in [-0.2, -0.15) is 4.72 Å². The lowest BCUT2D eigenvalue weighted by molar-refractivity contribution is -0.145. The van der Waals surface area contributed by atoms with Crippen LogP contribution in [0.1, 0.15) is 6.42 Å². The maximum atomic E-state index is 12.2. The fourth-order valence-electron chi connectivity index (χ4n) is 1.94. The normalized spacial score (nSPS) is 12.9. The molecular weight excluding hydrogens is 310 g/mol. The molecule has 1 atom stereocenters. The second-order valence-corrected chi connectivity index (χ2v) is 6.33. The Labute approximate surface area is 126 Å². The van der Waals surface area contributed by atoms with Crippen molar-refractivity contribution in [2.75, 3.05) is 0 Å². The summed E-state index contributed by atoms with van der Waals surface area (Å²) in [5.74, 6) is -2.96. The molecule has 3 N–H and O–H groups in total. The van der Waals surface area contributed by atoms with Crippen molar-refractivity contribution < 1.29 is 28.2 Å². The molecule has 0 aromatic heterocycles. The van der Waals surface area contributed by atoms with Crippen molar-refractivity contribution in [3.63, 3.8) is 0 Å². The Balaban J connectivity index is 2.34. The van der Waals surface area contributed by atoms with Crippen LogP contribution in [0.2, 0.25) is 0 Å². The standard InChI is InChI=1S/C14H13NO6S/c16-13(17)8-12(14(18)19)15-22(20,21)11-6-5-9-3-1-2-4-10(9)7-11/h1-7,12,15H,8H2,(H,16,17)(H,18,19)/t12-/m1/s1. The first-order valence-corrected chi connectivity index (χ1v) is 7.73. The van der Waals surface area contributed by atoms with Crippen LogP contribution in [0.3, 0.4) is 0 Å². The minimum Gasteiger partial charge on any atom is -0.481 e. The number of rotatable bonds is 6. The number of hydrogen-bond donors (Lipinski definition) is 3. The van der Waals surface area contributed by atoms with Gasteiger partial charge in [0.15, 0.2) is 0 Å². The first kappa shape index (κ1) is 15.9. The molecule has 116 valence electrons. The number of hydrogen-bond acceptors (Lipinski definition) is 4. The van der Waals surface area contributed by atoms with Gasteiger partial charge in [-0.25, -0.2) is 8.42 Å². The van der Waals surface area contributed by atoms with Crippen LogP contribution < -0.4 is 4.72 Å². The number of carboxylic acids is 2. The summed E-state index contributed by atoms with van der Waals surface area (Å²) in [6.45, 7) is 0. The molecule has 0 spiro atoms. The number of carbonyl (C=O) groups is 2. The fourth-order valence-corrected chi connectivity index (χ4v) is 3.17. The van der Waals surface area contributed by atoms with Crippen LogP contribution in [0.15, 0.2) is 47.4 Å². The van der Waals surface area contributed by atoms with Gasteiger partial charge in [-0.1, -0.05) is 30.3 Å². The maximum Gasteiger partial charge on any atom is 0.322 e. The lowest BCUT2D eigenvalue weighted by Crippen LogP contribution is -2.42. The maximum absolute atomic E-state index is 12.2. The van der Waals surface area contributed by atoms with E-state index in [1.54, 1.807) is 18.2 Å². The van der Waals surface area contributed by atoms with E-state index < -0.39 is 34.4 Å². The van der Waals surface area contributed by atoms with Crippen molar-refractivity contribution in [2.24, 2.45) is 0 Å². The third-order valence-electron chi connectivity index (χ3n) is 3.01. The monoisotopic (exact) mass is 323 g/mol. The predicted octanol–water partition coefficient (Wildman–Crippen LogP) is 1.05. The highest BCUT2D eigenvalue weighted by Crippen LogP contribution is 2.19. The Kier molecular flexibility index (Phi) is 4.43. The van der Waals surface area contributed by atoms with Crippen molar-refractivity contribution in [2.45, 2.75) is 17.4 Å². The van der Waals surface area contributed by atoms with Gasteiger partial charge < -0.3 is 10.2 Å². The molecule has 2 aromatic rings. The average Bonchev–Trinajstić information content (AvgIpc) is 2.45. The Morgan fingerprint density at radius 2 is 1.68 bits per heavy atom. The number of nitrogens with one attached hydrogen (secondary N) is 1. The summed E-state index contributed by atoms with van der Waals surface area (Å²) >= 11 is 0. The third-order valence-corrected chi connectivity index (χ3v) is 4.47. The van der Waals surface area contributed by atoms with Gasteiger partial charge >= 0.3 is 11.9 Å². The first-order chi connectivity index (χ1) is 10.3. The summed E-state index contributed by atoms with van der Waals surface area (Å²) in [6, 6.07) is 9.69. The van der Waals surface area contributed by atoms with Crippen LogP contribution in [0, 0.1) is 0 Å². The lowest BCUT2D eigenvalue weighted by Gasteiger charge is -2.13. The van der Waals surface area contributed by atoms with E-state index in [4.69, 9.17) is 10.2 Å². The van der Waals surface area contributed by atoms with Crippen LogP contribution >= 0.6 is 0 Å². The smallest absolute Gasteiger partial charge is 0.322 e. The van der Waals surface area contributed by atoms with Crippen LogP contribution in [-0.2, 0) is 19.6 Å². The molecule has 0 aliphatic heterocycles. The van der Waals surface area contributed by atoms with Crippen molar-refractivity contribution in [1.29, 1.82) is 0 Å². The van der Waals surface area contributed by atoms with Gasteiger partial charge in [-0.15, -0.1) is 0 Å². The zero-order valence-corrected chi connectivity index (χ0v) is 12.1. The minimum atomic E-state index is -4.14. The second-order valence-electron chi connectivity index (χ2n) is 4.62. The molecule has 0 radical (unpaired) electrons. The predicted molar refractivity (Wildman–Crippen MR) is 77.9 cm³/mol. The van der Waals surface area contributed by atoms with Crippen molar-refractivity contribution >= 4 is 32.7 Å². The zero-order valence-electron chi connectivity index (χ0n) is 11.3. The molecule has 7 nitrogen and oxygen atoms in total. The van der Waals surface area contributed by atoms with E-state index in [0.29, 0.717) is 5.39 Å². The van der Waals surface area contributed by atoms with Crippen LogP contribution in [0.25, 0.3) is 10.8 Å². The van der Waals surface area contributed by atoms with Crippen molar-refractivity contribution in [3.8, 4) is 0 Å². The van der Waals surface area contributed by atoms with E-state index in [-0.39, 0.29) is 4.90 Å².